The van der Waals surface area contributed by atoms with Gasteiger partial charge < -0.3 is 4.90 Å². The van der Waals surface area contributed by atoms with Crippen LogP contribution in [0.2, 0.25) is 5.02 Å². The fourth-order valence-electron chi connectivity index (χ4n) is 2.83. The number of nitrogens with zero attached hydrogens (tertiary/aromatic N) is 2. The predicted octanol–water partition coefficient (Wildman–Crippen LogP) is 2.77. The summed E-state index contributed by atoms with van der Waals surface area (Å²) in [6.07, 6.45) is 0. The van der Waals surface area contributed by atoms with Crippen LogP contribution >= 0.6 is 11.6 Å². The van der Waals surface area contributed by atoms with Gasteiger partial charge in [-0.15, -0.1) is 0 Å². The molecule has 2 aromatic carbocycles. The first-order chi connectivity index (χ1) is 12.3. The standard InChI is InChI=1S/C18H18ClFN2O3S/c19-16-5-1-14(2-6-16)13-26(24,25)22-11-9-21(10-12-22)18(23)15-3-7-17(20)8-4-15/h1-8H,9-13H2. The van der Waals surface area contributed by atoms with Gasteiger partial charge >= 0.3 is 0 Å². The van der Waals surface area contributed by atoms with E-state index in [0.717, 1.165) is 0 Å². The molecule has 1 heterocycles. The van der Waals surface area contributed by atoms with Crippen LogP contribution in [0, 0.1) is 5.82 Å². The molecule has 138 valence electrons. The molecule has 1 aliphatic heterocycles. The van der Waals surface area contributed by atoms with E-state index in [4.69, 9.17) is 11.6 Å². The molecule has 0 N–H and O–H groups in total. The Morgan fingerprint density at radius 1 is 0.962 bits per heavy atom. The SMILES string of the molecule is O=C(c1ccc(F)cc1)N1CCN(S(=O)(=O)Cc2ccc(Cl)cc2)CC1. The smallest absolute Gasteiger partial charge is 0.253 e. The van der Waals surface area contributed by atoms with Crippen molar-refractivity contribution >= 4 is 27.5 Å². The van der Waals surface area contributed by atoms with Gasteiger partial charge in [-0.3, -0.25) is 4.79 Å². The second-order valence-electron chi connectivity index (χ2n) is 6.08. The van der Waals surface area contributed by atoms with Crippen molar-refractivity contribution < 1.29 is 17.6 Å². The van der Waals surface area contributed by atoms with Crippen molar-refractivity contribution in [1.29, 1.82) is 0 Å². The summed E-state index contributed by atoms with van der Waals surface area (Å²) in [6, 6.07) is 12.0. The highest BCUT2D eigenvalue weighted by Gasteiger charge is 2.29. The molecular formula is C18H18ClFN2O3S. The minimum Gasteiger partial charge on any atom is -0.336 e. The summed E-state index contributed by atoms with van der Waals surface area (Å²) in [5.74, 6) is -0.727. The summed E-state index contributed by atoms with van der Waals surface area (Å²) >= 11 is 5.82. The molecule has 1 saturated heterocycles. The first-order valence-corrected chi connectivity index (χ1v) is 10.1. The van der Waals surface area contributed by atoms with E-state index in [-0.39, 0.29) is 24.7 Å². The molecule has 26 heavy (non-hydrogen) atoms. The summed E-state index contributed by atoms with van der Waals surface area (Å²) in [4.78, 5) is 14.0. The Labute approximate surface area is 157 Å². The van der Waals surface area contributed by atoms with Gasteiger partial charge in [-0.1, -0.05) is 23.7 Å². The quantitative estimate of drug-likeness (QED) is 0.798. The summed E-state index contributed by atoms with van der Waals surface area (Å²) in [6.45, 7) is 1.08. The van der Waals surface area contributed by atoms with Gasteiger partial charge in [0.2, 0.25) is 10.0 Å². The van der Waals surface area contributed by atoms with Gasteiger partial charge in [-0.05, 0) is 42.0 Å². The summed E-state index contributed by atoms with van der Waals surface area (Å²) in [5, 5.41) is 0.555. The van der Waals surface area contributed by atoms with Gasteiger partial charge in [0.05, 0.1) is 5.75 Å². The van der Waals surface area contributed by atoms with E-state index in [1.807, 2.05) is 0 Å². The van der Waals surface area contributed by atoms with Crippen LogP contribution in [0.1, 0.15) is 15.9 Å². The van der Waals surface area contributed by atoms with Crippen molar-refractivity contribution in [2.24, 2.45) is 0 Å². The number of amides is 1. The highest BCUT2D eigenvalue weighted by Crippen LogP contribution is 2.17. The van der Waals surface area contributed by atoms with E-state index < -0.39 is 15.8 Å². The first-order valence-electron chi connectivity index (χ1n) is 8.12. The number of halogens is 2. The second kappa shape index (κ2) is 7.73. The molecule has 0 atom stereocenters. The van der Waals surface area contributed by atoms with Crippen molar-refractivity contribution in [3.8, 4) is 0 Å². The number of benzene rings is 2. The normalized spacial score (nSPS) is 15.8. The van der Waals surface area contributed by atoms with Crippen molar-refractivity contribution in [3.63, 3.8) is 0 Å². The maximum absolute atomic E-state index is 13.0. The van der Waals surface area contributed by atoms with Crippen LogP contribution in [0.5, 0.6) is 0 Å². The molecule has 0 bridgehead atoms. The Balaban J connectivity index is 1.61. The average Bonchev–Trinajstić information content (AvgIpc) is 2.64. The van der Waals surface area contributed by atoms with Crippen LogP contribution in [-0.2, 0) is 15.8 Å². The van der Waals surface area contributed by atoms with Crippen LogP contribution < -0.4 is 0 Å². The molecule has 0 unspecified atom stereocenters. The molecule has 1 amide bonds. The van der Waals surface area contributed by atoms with Gasteiger partial charge in [-0.25, -0.2) is 12.8 Å². The van der Waals surface area contributed by atoms with Crippen LogP contribution in [0.15, 0.2) is 48.5 Å². The zero-order valence-electron chi connectivity index (χ0n) is 13.9. The average molecular weight is 397 g/mol. The Morgan fingerprint density at radius 2 is 1.54 bits per heavy atom. The lowest BCUT2D eigenvalue weighted by molar-refractivity contribution is 0.0697. The molecule has 1 aliphatic rings. The minimum absolute atomic E-state index is 0.101. The largest absolute Gasteiger partial charge is 0.336 e. The molecular weight excluding hydrogens is 379 g/mol. The fourth-order valence-corrected chi connectivity index (χ4v) is 4.47. The third kappa shape index (κ3) is 4.41. The minimum atomic E-state index is -3.47. The maximum Gasteiger partial charge on any atom is 0.253 e. The fraction of sp³-hybridized carbons (Fsp3) is 0.278. The van der Waals surface area contributed by atoms with E-state index in [9.17, 15) is 17.6 Å². The molecule has 0 spiro atoms. The molecule has 0 saturated carbocycles. The number of rotatable bonds is 4. The molecule has 8 heteroatoms. The monoisotopic (exact) mass is 396 g/mol. The maximum atomic E-state index is 13.0. The highest BCUT2D eigenvalue weighted by molar-refractivity contribution is 7.88. The molecule has 0 aliphatic carbocycles. The van der Waals surface area contributed by atoms with Gasteiger partial charge in [0.25, 0.3) is 5.91 Å². The molecule has 3 rings (SSSR count). The van der Waals surface area contributed by atoms with Crippen LogP contribution in [0.25, 0.3) is 0 Å². The third-order valence-corrected chi connectivity index (χ3v) is 6.37. The van der Waals surface area contributed by atoms with Crippen molar-refractivity contribution in [2.75, 3.05) is 26.2 Å². The first kappa shape index (κ1) is 18.8. The number of carbonyl (C=O) groups excluding carboxylic acids is 1. The van der Waals surface area contributed by atoms with Gasteiger partial charge in [0, 0.05) is 36.8 Å². The van der Waals surface area contributed by atoms with Crippen LogP contribution in [0.4, 0.5) is 4.39 Å². The van der Waals surface area contributed by atoms with E-state index >= 15 is 0 Å². The van der Waals surface area contributed by atoms with Crippen molar-refractivity contribution in [3.05, 3.63) is 70.5 Å². The number of carbonyl (C=O) groups is 1. The lowest BCUT2D eigenvalue weighted by atomic mass is 10.2. The zero-order valence-corrected chi connectivity index (χ0v) is 15.5. The number of hydrogen-bond acceptors (Lipinski definition) is 3. The molecule has 5 nitrogen and oxygen atoms in total. The Hall–Kier alpha value is -1.96. The van der Waals surface area contributed by atoms with E-state index in [1.54, 1.807) is 29.2 Å². The van der Waals surface area contributed by atoms with Gasteiger partial charge in [0.1, 0.15) is 5.82 Å². The van der Waals surface area contributed by atoms with E-state index in [2.05, 4.69) is 0 Å². The van der Waals surface area contributed by atoms with Gasteiger partial charge in [-0.2, -0.15) is 4.31 Å². The van der Waals surface area contributed by atoms with E-state index in [1.165, 1.54) is 28.6 Å². The highest BCUT2D eigenvalue weighted by atomic mass is 35.5. The molecule has 1 fully saturated rings. The Bertz CT molecular complexity index is 878. The lowest BCUT2D eigenvalue weighted by Gasteiger charge is -2.34. The number of hydrogen-bond donors (Lipinski definition) is 0. The summed E-state index contributed by atoms with van der Waals surface area (Å²) in [5.41, 5.74) is 1.06. The van der Waals surface area contributed by atoms with Gasteiger partial charge in [0.15, 0.2) is 0 Å². The molecule has 0 aromatic heterocycles. The van der Waals surface area contributed by atoms with Crippen molar-refractivity contribution in [1.82, 2.24) is 9.21 Å². The third-order valence-electron chi connectivity index (χ3n) is 4.27. The summed E-state index contributed by atoms with van der Waals surface area (Å²) < 4.78 is 39.5. The number of piperazine rings is 1. The second-order valence-corrected chi connectivity index (χ2v) is 8.49. The topological polar surface area (TPSA) is 57.7 Å². The predicted molar refractivity (Wildman–Crippen MR) is 98.0 cm³/mol. The van der Waals surface area contributed by atoms with Crippen molar-refractivity contribution in [2.45, 2.75) is 5.75 Å². The zero-order chi connectivity index (χ0) is 18.7. The van der Waals surface area contributed by atoms with Crippen LogP contribution in [-0.4, -0.2) is 49.7 Å². The Kier molecular flexibility index (Phi) is 5.60. The van der Waals surface area contributed by atoms with E-state index in [0.29, 0.717) is 29.2 Å². The molecule has 0 radical (unpaired) electrons. The summed E-state index contributed by atoms with van der Waals surface area (Å²) in [7, 11) is -3.47. The van der Waals surface area contributed by atoms with Crippen LogP contribution in [0.3, 0.4) is 0 Å². The molecule has 2 aromatic rings. The Morgan fingerprint density at radius 3 is 2.12 bits per heavy atom. The number of sulfonamides is 1. The lowest BCUT2D eigenvalue weighted by Crippen LogP contribution is -2.50.